The van der Waals surface area contributed by atoms with Gasteiger partial charge in [-0.25, -0.2) is 4.39 Å². The van der Waals surface area contributed by atoms with E-state index < -0.39 is 0 Å². The minimum absolute atomic E-state index is 0.0159. The highest BCUT2D eigenvalue weighted by Crippen LogP contribution is 2.24. The molecule has 162 valence electrons. The molecule has 1 fully saturated rings. The summed E-state index contributed by atoms with van der Waals surface area (Å²) in [7, 11) is 1.99. The fourth-order valence-electron chi connectivity index (χ4n) is 4.78. The molecule has 1 amide bonds. The first-order valence-corrected chi connectivity index (χ1v) is 11.2. The summed E-state index contributed by atoms with van der Waals surface area (Å²) in [5.74, 6) is -0.175. The Morgan fingerprint density at radius 1 is 1.10 bits per heavy atom. The summed E-state index contributed by atoms with van der Waals surface area (Å²) in [6.07, 6.45) is 5.86. The average Bonchev–Trinajstić information content (AvgIpc) is 3.08. The Balaban J connectivity index is 1.30. The molecule has 30 heavy (non-hydrogen) atoms. The fraction of sp³-hybridized carbons (Fsp3) is 0.542. The summed E-state index contributed by atoms with van der Waals surface area (Å²) in [4.78, 5) is 17.6. The molecule has 3 heterocycles. The van der Waals surface area contributed by atoms with Crippen molar-refractivity contribution in [3.05, 3.63) is 58.7 Å². The highest BCUT2D eigenvalue weighted by atomic mass is 19.1. The van der Waals surface area contributed by atoms with Crippen LogP contribution in [0.1, 0.15) is 53.0 Å². The highest BCUT2D eigenvalue weighted by Gasteiger charge is 2.23. The number of fused-ring (bicyclic) bond motifs is 1. The van der Waals surface area contributed by atoms with Gasteiger partial charge in [-0.2, -0.15) is 0 Å². The van der Waals surface area contributed by atoms with E-state index in [-0.39, 0.29) is 11.7 Å². The minimum Gasteiger partial charge on any atom is -0.351 e. The Morgan fingerprint density at radius 2 is 1.93 bits per heavy atom. The Hall–Kier alpha value is -2.18. The van der Waals surface area contributed by atoms with E-state index in [0.29, 0.717) is 0 Å². The zero-order valence-corrected chi connectivity index (χ0v) is 18.0. The molecule has 2 aromatic rings. The zero-order valence-electron chi connectivity index (χ0n) is 18.0. The Labute approximate surface area is 178 Å². The van der Waals surface area contributed by atoms with Gasteiger partial charge in [0.05, 0.1) is 0 Å². The number of carbonyl (C=O) groups excluding carboxylic acids is 1. The molecular formula is C24H33FN4O. The van der Waals surface area contributed by atoms with E-state index >= 15 is 0 Å². The maximum Gasteiger partial charge on any atom is 0.267 e. The van der Waals surface area contributed by atoms with Gasteiger partial charge in [0.1, 0.15) is 11.5 Å². The lowest BCUT2D eigenvalue weighted by atomic mass is 10.1. The monoisotopic (exact) mass is 412 g/mol. The number of nitrogens with one attached hydrogen (secondary N) is 1. The maximum atomic E-state index is 13.5. The first kappa shape index (κ1) is 21.1. The van der Waals surface area contributed by atoms with Gasteiger partial charge < -0.3 is 14.8 Å². The van der Waals surface area contributed by atoms with Gasteiger partial charge in [0.2, 0.25) is 0 Å². The molecule has 0 unspecified atom stereocenters. The molecule has 4 rings (SSSR count). The van der Waals surface area contributed by atoms with E-state index in [2.05, 4.69) is 19.7 Å². The third-order valence-electron chi connectivity index (χ3n) is 6.42. The molecule has 1 aromatic carbocycles. The molecule has 6 heteroatoms. The summed E-state index contributed by atoms with van der Waals surface area (Å²) in [6.45, 7) is 6.62. The van der Waals surface area contributed by atoms with Crippen molar-refractivity contribution < 1.29 is 9.18 Å². The van der Waals surface area contributed by atoms with Crippen LogP contribution in [0.5, 0.6) is 0 Å². The number of rotatable bonds is 7. The number of aromatic nitrogens is 1. The number of halogens is 1. The molecule has 0 bridgehead atoms. The first-order valence-electron chi connectivity index (χ1n) is 11.2. The van der Waals surface area contributed by atoms with E-state index in [1.165, 1.54) is 49.7 Å². The largest absolute Gasteiger partial charge is 0.351 e. The molecule has 0 aliphatic carbocycles. The number of likely N-dealkylation sites (tertiary alicyclic amines) is 1. The normalized spacial score (nSPS) is 17.7. The van der Waals surface area contributed by atoms with Crippen LogP contribution in [0.25, 0.3) is 0 Å². The van der Waals surface area contributed by atoms with Crippen molar-refractivity contribution in [2.75, 3.05) is 32.7 Å². The molecule has 5 nitrogen and oxygen atoms in total. The SMILES string of the molecule is Cn1c(C(=O)NCCCN2CCCCC2)cc2c1CCN(Cc1cccc(F)c1)C2. The van der Waals surface area contributed by atoms with E-state index in [0.717, 1.165) is 56.8 Å². The van der Waals surface area contributed by atoms with Crippen LogP contribution >= 0.6 is 0 Å². The van der Waals surface area contributed by atoms with Gasteiger partial charge in [0.15, 0.2) is 0 Å². The molecule has 2 aliphatic rings. The molecule has 0 spiro atoms. The first-order chi connectivity index (χ1) is 14.6. The van der Waals surface area contributed by atoms with Crippen molar-refractivity contribution in [3.8, 4) is 0 Å². The quantitative estimate of drug-likeness (QED) is 0.710. The molecular weight excluding hydrogens is 379 g/mol. The number of carbonyl (C=O) groups is 1. The number of benzene rings is 1. The lowest BCUT2D eigenvalue weighted by molar-refractivity contribution is 0.0942. The second-order valence-corrected chi connectivity index (χ2v) is 8.66. The van der Waals surface area contributed by atoms with Crippen LogP contribution < -0.4 is 5.32 Å². The van der Waals surface area contributed by atoms with Crippen molar-refractivity contribution in [2.45, 2.75) is 45.2 Å². The van der Waals surface area contributed by atoms with E-state index in [9.17, 15) is 9.18 Å². The van der Waals surface area contributed by atoms with Gasteiger partial charge in [0.25, 0.3) is 5.91 Å². The summed E-state index contributed by atoms with van der Waals surface area (Å²) in [5.41, 5.74) is 4.18. The fourth-order valence-corrected chi connectivity index (χ4v) is 4.78. The van der Waals surface area contributed by atoms with Gasteiger partial charge in [-0.05, 0) is 68.2 Å². The second-order valence-electron chi connectivity index (χ2n) is 8.66. The van der Waals surface area contributed by atoms with Gasteiger partial charge in [-0.3, -0.25) is 9.69 Å². The summed E-state index contributed by atoms with van der Waals surface area (Å²) >= 11 is 0. The van der Waals surface area contributed by atoms with Crippen LogP contribution in [0.3, 0.4) is 0 Å². The van der Waals surface area contributed by atoms with Crippen LogP contribution in [-0.4, -0.2) is 53.0 Å². The average molecular weight is 413 g/mol. The molecule has 0 atom stereocenters. The van der Waals surface area contributed by atoms with E-state index in [1.54, 1.807) is 12.1 Å². The van der Waals surface area contributed by atoms with Crippen LogP contribution in [0, 0.1) is 5.82 Å². The smallest absolute Gasteiger partial charge is 0.267 e. The topological polar surface area (TPSA) is 40.5 Å². The predicted octanol–water partition coefficient (Wildman–Crippen LogP) is 3.33. The maximum absolute atomic E-state index is 13.5. The molecule has 2 aliphatic heterocycles. The number of hydrogen-bond acceptors (Lipinski definition) is 3. The van der Waals surface area contributed by atoms with Gasteiger partial charge >= 0.3 is 0 Å². The van der Waals surface area contributed by atoms with Crippen molar-refractivity contribution >= 4 is 5.91 Å². The summed E-state index contributed by atoms with van der Waals surface area (Å²) in [6, 6.07) is 8.84. The Kier molecular flexibility index (Phi) is 6.85. The molecule has 0 radical (unpaired) electrons. The van der Waals surface area contributed by atoms with Gasteiger partial charge in [0, 0.05) is 45.3 Å². The Morgan fingerprint density at radius 3 is 2.73 bits per heavy atom. The molecule has 1 aromatic heterocycles. The predicted molar refractivity (Wildman–Crippen MR) is 117 cm³/mol. The third-order valence-corrected chi connectivity index (χ3v) is 6.42. The lowest BCUT2D eigenvalue weighted by Crippen LogP contribution is -2.33. The second kappa shape index (κ2) is 9.75. The van der Waals surface area contributed by atoms with Crippen molar-refractivity contribution in [1.82, 2.24) is 19.7 Å². The van der Waals surface area contributed by atoms with E-state index in [4.69, 9.17) is 0 Å². The summed E-state index contributed by atoms with van der Waals surface area (Å²) in [5, 5.41) is 3.10. The number of hydrogen-bond donors (Lipinski definition) is 1. The van der Waals surface area contributed by atoms with Crippen molar-refractivity contribution in [3.63, 3.8) is 0 Å². The molecule has 0 saturated carbocycles. The van der Waals surface area contributed by atoms with Crippen LogP contribution in [0.15, 0.2) is 30.3 Å². The summed E-state index contributed by atoms with van der Waals surface area (Å²) < 4.78 is 15.5. The Bertz CT molecular complexity index is 872. The number of amides is 1. The van der Waals surface area contributed by atoms with E-state index in [1.807, 2.05) is 19.2 Å². The van der Waals surface area contributed by atoms with Crippen LogP contribution in [-0.2, 0) is 26.6 Å². The van der Waals surface area contributed by atoms with Crippen molar-refractivity contribution in [1.29, 1.82) is 0 Å². The van der Waals surface area contributed by atoms with Gasteiger partial charge in [-0.15, -0.1) is 0 Å². The molecule has 1 saturated heterocycles. The number of piperidine rings is 1. The van der Waals surface area contributed by atoms with Crippen LogP contribution in [0.2, 0.25) is 0 Å². The lowest BCUT2D eigenvalue weighted by Gasteiger charge is -2.27. The highest BCUT2D eigenvalue weighted by molar-refractivity contribution is 5.93. The standard InChI is InChI=1S/C24H33FN4O/c1-27-22-9-14-29(17-19-7-5-8-21(25)15-19)18-20(22)16-23(27)24(30)26-10-6-13-28-11-3-2-4-12-28/h5,7-8,15-16H,2-4,6,9-14,17-18H2,1H3,(H,26,30). The van der Waals surface area contributed by atoms with Crippen LogP contribution in [0.4, 0.5) is 4.39 Å². The van der Waals surface area contributed by atoms with Crippen molar-refractivity contribution in [2.24, 2.45) is 7.05 Å². The number of nitrogens with zero attached hydrogens (tertiary/aromatic N) is 3. The minimum atomic E-state index is -0.191. The van der Waals surface area contributed by atoms with Gasteiger partial charge in [-0.1, -0.05) is 18.6 Å². The zero-order chi connectivity index (χ0) is 20.9. The third kappa shape index (κ3) is 5.10. The molecule has 1 N–H and O–H groups in total.